The highest BCUT2D eigenvalue weighted by Gasteiger charge is 2.07. The van der Waals surface area contributed by atoms with Crippen molar-refractivity contribution in [2.24, 2.45) is 0 Å². The Bertz CT molecular complexity index is 324. The standard InChI is InChI=1S/C12H17N/c1-8(2)10-6-5-7-11(9(3)4)12(10)13/h5-7,9H,1,13H2,2-4H3. The molecule has 0 aliphatic rings. The predicted octanol–water partition coefficient (Wildman–Crippen LogP) is 3.43. The van der Waals surface area contributed by atoms with Crippen molar-refractivity contribution in [3.05, 3.63) is 35.9 Å². The molecule has 0 saturated heterocycles. The summed E-state index contributed by atoms with van der Waals surface area (Å²) in [4.78, 5) is 0. The molecule has 1 rings (SSSR count). The maximum Gasteiger partial charge on any atom is 0.0425 e. The van der Waals surface area contributed by atoms with Crippen LogP contribution in [-0.4, -0.2) is 0 Å². The van der Waals surface area contributed by atoms with E-state index in [-0.39, 0.29) is 0 Å². The Hall–Kier alpha value is -1.24. The van der Waals surface area contributed by atoms with Gasteiger partial charge in [-0.25, -0.2) is 0 Å². The quantitative estimate of drug-likeness (QED) is 0.685. The number of allylic oxidation sites excluding steroid dienone is 1. The maximum absolute atomic E-state index is 6.02. The van der Waals surface area contributed by atoms with Crippen molar-refractivity contribution >= 4 is 11.3 Å². The minimum Gasteiger partial charge on any atom is -0.398 e. The lowest BCUT2D eigenvalue weighted by molar-refractivity contribution is 0.869. The molecule has 0 saturated carbocycles. The molecule has 1 heteroatoms. The van der Waals surface area contributed by atoms with Gasteiger partial charge in [-0.2, -0.15) is 0 Å². The summed E-state index contributed by atoms with van der Waals surface area (Å²) in [6.45, 7) is 10.2. The highest BCUT2D eigenvalue weighted by molar-refractivity contribution is 5.74. The van der Waals surface area contributed by atoms with E-state index >= 15 is 0 Å². The Balaban J connectivity index is 3.26. The van der Waals surface area contributed by atoms with Crippen LogP contribution in [0.2, 0.25) is 0 Å². The van der Waals surface area contributed by atoms with Crippen LogP contribution in [0, 0.1) is 0 Å². The fraction of sp³-hybridized carbons (Fsp3) is 0.333. The first kappa shape index (κ1) is 9.85. The average molecular weight is 175 g/mol. The van der Waals surface area contributed by atoms with Crippen LogP contribution in [0.3, 0.4) is 0 Å². The Morgan fingerprint density at radius 2 is 2.00 bits per heavy atom. The second kappa shape index (κ2) is 3.65. The average Bonchev–Trinajstić information content (AvgIpc) is 2.03. The SMILES string of the molecule is C=C(C)c1cccc(C(C)C)c1N. The number of benzene rings is 1. The molecule has 13 heavy (non-hydrogen) atoms. The Kier molecular flexibility index (Phi) is 2.76. The molecule has 2 N–H and O–H groups in total. The second-order valence-electron chi connectivity index (χ2n) is 3.74. The van der Waals surface area contributed by atoms with Crippen molar-refractivity contribution in [2.45, 2.75) is 26.7 Å². The molecule has 0 amide bonds. The highest BCUT2D eigenvalue weighted by Crippen LogP contribution is 2.28. The minimum absolute atomic E-state index is 0.472. The van der Waals surface area contributed by atoms with Crippen LogP contribution in [0.1, 0.15) is 37.8 Å². The van der Waals surface area contributed by atoms with Gasteiger partial charge in [0.15, 0.2) is 0 Å². The van der Waals surface area contributed by atoms with E-state index in [1.165, 1.54) is 5.56 Å². The summed E-state index contributed by atoms with van der Waals surface area (Å²) in [6.07, 6.45) is 0. The fourth-order valence-corrected chi connectivity index (χ4v) is 1.46. The van der Waals surface area contributed by atoms with Crippen molar-refractivity contribution < 1.29 is 0 Å². The lowest BCUT2D eigenvalue weighted by Crippen LogP contribution is -1.99. The number of nitrogens with two attached hydrogens (primary N) is 1. The van der Waals surface area contributed by atoms with Gasteiger partial charge in [0.2, 0.25) is 0 Å². The van der Waals surface area contributed by atoms with Crippen LogP contribution in [0.15, 0.2) is 24.8 Å². The van der Waals surface area contributed by atoms with Crippen LogP contribution in [0.25, 0.3) is 5.57 Å². The van der Waals surface area contributed by atoms with Crippen LogP contribution >= 0.6 is 0 Å². The van der Waals surface area contributed by atoms with Gasteiger partial charge in [0.25, 0.3) is 0 Å². The molecule has 0 atom stereocenters. The van der Waals surface area contributed by atoms with Gasteiger partial charge in [-0.05, 0) is 29.5 Å². The first-order chi connectivity index (χ1) is 6.04. The molecule has 0 spiro atoms. The zero-order chi connectivity index (χ0) is 10.0. The third kappa shape index (κ3) is 1.92. The molecule has 0 radical (unpaired) electrons. The van der Waals surface area contributed by atoms with Gasteiger partial charge in [-0.15, -0.1) is 0 Å². The molecule has 0 aliphatic carbocycles. The van der Waals surface area contributed by atoms with Gasteiger partial charge in [-0.1, -0.05) is 38.6 Å². The molecule has 0 aliphatic heterocycles. The summed E-state index contributed by atoms with van der Waals surface area (Å²) in [6, 6.07) is 6.13. The molecule has 1 nitrogen and oxygen atoms in total. The van der Waals surface area contributed by atoms with Gasteiger partial charge >= 0.3 is 0 Å². The van der Waals surface area contributed by atoms with Crippen molar-refractivity contribution in [2.75, 3.05) is 5.73 Å². The summed E-state index contributed by atoms with van der Waals surface area (Å²) in [5, 5.41) is 0. The van der Waals surface area contributed by atoms with Crippen LogP contribution in [0.4, 0.5) is 5.69 Å². The molecule has 0 aromatic heterocycles. The lowest BCUT2D eigenvalue weighted by Gasteiger charge is -2.13. The third-order valence-electron chi connectivity index (χ3n) is 2.22. The Morgan fingerprint density at radius 1 is 1.38 bits per heavy atom. The van der Waals surface area contributed by atoms with Crippen LogP contribution < -0.4 is 5.73 Å². The topological polar surface area (TPSA) is 26.0 Å². The summed E-state index contributed by atoms with van der Waals surface area (Å²) in [7, 11) is 0. The lowest BCUT2D eigenvalue weighted by atomic mass is 9.96. The van der Waals surface area contributed by atoms with Gasteiger partial charge < -0.3 is 5.73 Å². The number of rotatable bonds is 2. The fourth-order valence-electron chi connectivity index (χ4n) is 1.46. The molecular weight excluding hydrogens is 158 g/mol. The predicted molar refractivity (Wildman–Crippen MR) is 59.7 cm³/mol. The van der Waals surface area contributed by atoms with E-state index in [0.29, 0.717) is 5.92 Å². The van der Waals surface area contributed by atoms with E-state index < -0.39 is 0 Å². The first-order valence-electron chi connectivity index (χ1n) is 4.58. The largest absolute Gasteiger partial charge is 0.398 e. The Labute approximate surface area is 80.3 Å². The smallest absolute Gasteiger partial charge is 0.0425 e. The van der Waals surface area contributed by atoms with E-state index in [0.717, 1.165) is 16.8 Å². The first-order valence-corrected chi connectivity index (χ1v) is 4.58. The number of hydrogen-bond donors (Lipinski definition) is 1. The van der Waals surface area contributed by atoms with Crippen molar-refractivity contribution in [3.8, 4) is 0 Å². The molecule has 70 valence electrons. The van der Waals surface area contributed by atoms with Crippen molar-refractivity contribution in [1.29, 1.82) is 0 Å². The monoisotopic (exact) mass is 175 g/mol. The van der Waals surface area contributed by atoms with Crippen molar-refractivity contribution in [1.82, 2.24) is 0 Å². The maximum atomic E-state index is 6.02. The van der Waals surface area contributed by atoms with E-state index in [4.69, 9.17) is 5.73 Å². The summed E-state index contributed by atoms with van der Waals surface area (Å²) in [5.41, 5.74) is 10.2. The van der Waals surface area contributed by atoms with Gasteiger partial charge in [0.05, 0.1) is 0 Å². The van der Waals surface area contributed by atoms with Gasteiger partial charge in [0, 0.05) is 5.69 Å². The van der Waals surface area contributed by atoms with Gasteiger partial charge in [0.1, 0.15) is 0 Å². The molecule has 0 heterocycles. The van der Waals surface area contributed by atoms with E-state index in [1.807, 2.05) is 19.1 Å². The zero-order valence-electron chi connectivity index (χ0n) is 8.59. The molecule has 1 aromatic rings. The molecule has 0 fully saturated rings. The summed E-state index contributed by atoms with van der Waals surface area (Å²) >= 11 is 0. The summed E-state index contributed by atoms with van der Waals surface area (Å²) < 4.78 is 0. The molecular formula is C12H17N. The van der Waals surface area contributed by atoms with Crippen LogP contribution in [0.5, 0.6) is 0 Å². The summed E-state index contributed by atoms with van der Waals surface area (Å²) in [5.74, 6) is 0.472. The van der Waals surface area contributed by atoms with Gasteiger partial charge in [-0.3, -0.25) is 0 Å². The third-order valence-corrected chi connectivity index (χ3v) is 2.22. The molecule has 0 bridgehead atoms. The number of nitrogen functional groups attached to an aromatic ring is 1. The van der Waals surface area contributed by atoms with Crippen molar-refractivity contribution in [3.63, 3.8) is 0 Å². The number of anilines is 1. The minimum atomic E-state index is 0.472. The highest BCUT2D eigenvalue weighted by atomic mass is 14.6. The Morgan fingerprint density at radius 3 is 2.46 bits per heavy atom. The normalized spacial score (nSPS) is 10.5. The molecule has 1 aromatic carbocycles. The van der Waals surface area contributed by atoms with E-state index in [1.54, 1.807) is 0 Å². The van der Waals surface area contributed by atoms with E-state index in [2.05, 4.69) is 26.5 Å². The molecule has 0 unspecified atom stereocenters. The second-order valence-corrected chi connectivity index (χ2v) is 3.74. The number of hydrogen-bond acceptors (Lipinski definition) is 1. The number of para-hydroxylation sites is 1. The van der Waals surface area contributed by atoms with Crippen LogP contribution in [-0.2, 0) is 0 Å². The zero-order valence-corrected chi connectivity index (χ0v) is 8.59. The van der Waals surface area contributed by atoms with E-state index in [9.17, 15) is 0 Å².